The second-order valence-corrected chi connectivity index (χ2v) is 7.83. The second kappa shape index (κ2) is 8.99. The number of thiophene rings is 1. The van der Waals surface area contributed by atoms with Gasteiger partial charge in [-0.2, -0.15) is 9.78 Å². The molecule has 2 heterocycles. The highest BCUT2D eigenvalue weighted by molar-refractivity contribution is 7.10. The van der Waals surface area contributed by atoms with Crippen LogP contribution in [0.15, 0.2) is 46.6 Å². The first-order chi connectivity index (χ1) is 14.2. The van der Waals surface area contributed by atoms with Crippen LogP contribution in [0.5, 0.6) is 0 Å². The fraction of sp³-hybridized carbons (Fsp3) is 0.211. The molecule has 158 valence electrons. The summed E-state index contributed by atoms with van der Waals surface area (Å²) in [5.41, 5.74) is -0.301. The largest absolute Gasteiger partial charge is 0.382 e. The first-order valence-electron chi connectivity index (χ1n) is 8.54. The number of aliphatic hydroxyl groups is 1. The van der Waals surface area contributed by atoms with Crippen molar-refractivity contribution in [2.45, 2.75) is 25.7 Å². The lowest BCUT2D eigenvalue weighted by molar-refractivity contribution is -0.0551. The van der Waals surface area contributed by atoms with Crippen LogP contribution in [-0.4, -0.2) is 39.6 Å². The molecule has 2 aromatic heterocycles. The summed E-state index contributed by atoms with van der Waals surface area (Å²) in [7, 11) is 0. The molecular weight excluding hydrogens is 443 g/mol. The Morgan fingerprint density at radius 1 is 1.23 bits per heavy atom. The topological polar surface area (TPSA) is 84.2 Å². The van der Waals surface area contributed by atoms with E-state index in [1.807, 2.05) is 6.92 Å². The van der Waals surface area contributed by atoms with Gasteiger partial charge in [-0.25, -0.2) is 13.2 Å². The summed E-state index contributed by atoms with van der Waals surface area (Å²) >= 11 is 7.23. The molecule has 0 radical (unpaired) electrons. The standard InChI is InChI=1S/C19H15ClF3N3O3S/c1-9-6-12(8-30-9)26-19(29)13(18(28)24-17(23)15(27)16(21)22)7-14(25-26)10-2-4-11(20)5-3-10/h2-8,15-17,27H,1H3,(H,24,28)/t15-,17?/m1/s1. The van der Waals surface area contributed by atoms with Gasteiger partial charge < -0.3 is 10.4 Å². The van der Waals surface area contributed by atoms with Crippen LogP contribution in [0.25, 0.3) is 16.9 Å². The van der Waals surface area contributed by atoms with Gasteiger partial charge in [0.1, 0.15) is 5.56 Å². The Morgan fingerprint density at radius 3 is 2.47 bits per heavy atom. The molecule has 30 heavy (non-hydrogen) atoms. The molecule has 0 fully saturated rings. The fourth-order valence-corrected chi connectivity index (χ4v) is 3.34. The average molecular weight is 458 g/mol. The van der Waals surface area contributed by atoms with E-state index in [0.29, 0.717) is 16.3 Å². The molecule has 3 aromatic rings. The first-order valence-corrected chi connectivity index (χ1v) is 9.80. The highest BCUT2D eigenvalue weighted by atomic mass is 35.5. The summed E-state index contributed by atoms with van der Waals surface area (Å²) < 4.78 is 39.8. The molecule has 0 aliphatic heterocycles. The van der Waals surface area contributed by atoms with Gasteiger partial charge in [-0.1, -0.05) is 23.7 Å². The maximum atomic E-state index is 13.8. The number of hydrogen-bond donors (Lipinski definition) is 2. The molecular formula is C19H15ClF3N3O3S. The Hall–Kier alpha value is -2.69. The van der Waals surface area contributed by atoms with Crippen LogP contribution in [0.4, 0.5) is 13.2 Å². The van der Waals surface area contributed by atoms with Crippen molar-refractivity contribution in [1.82, 2.24) is 15.1 Å². The number of nitrogens with zero attached hydrogens (tertiary/aromatic N) is 2. The van der Waals surface area contributed by atoms with Crippen LogP contribution in [-0.2, 0) is 0 Å². The van der Waals surface area contributed by atoms with Gasteiger partial charge in [0.25, 0.3) is 17.9 Å². The first kappa shape index (κ1) is 22.0. The van der Waals surface area contributed by atoms with Crippen LogP contribution in [0.2, 0.25) is 5.02 Å². The molecule has 0 aliphatic rings. The monoisotopic (exact) mass is 457 g/mol. The number of aryl methyl sites for hydroxylation is 1. The van der Waals surface area contributed by atoms with Crippen molar-refractivity contribution in [2.24, 2.45) is 0 Å². The number of halogens is 4. The van der Waals surface area contributed by atoms with E-state index in [-0.39, 0.29) is 5.69 Å². The van der Waals surface area contributed by atoms with Gasteiger partial charge in [0.2, 0.25) is 6.30 Å². The summed E-state index contributed by atoms with van der Waals surface area (Å²) in [6.07, 6.45) is -8.90. The van der Waals surface area contributed by atoms with Crippen LogP contribution < -0.4 is 10.9 Å². The van der Waals surface area contributed by atoms with Gasteiger partial charge >= 0.3 is 0 Å². The second-order valence-electron chi connectivity index (χ2n) is 6.28. The molecule has 2 atom stereocenters. The molecule has 1 amide bonds. The van der Waals surface area contributed by atoms with E-state index < -0.39 is 35.9 Å². The molecule has 1 unspecified atom stereocenters. The molecule has 0 aliphatic carbocycles. The summed E-state index contributed by atoms with van der Waals surface area (Å²) in [5, 5.41) is 17.1. The molecule has 0 spiro atoms. The van der Waals surface area contributed by atoms with Crippen molar-refractivity contribution in [2.75, 3.05) is 0 Å². The minimum atomic E-state index is -3.41. The molecule has 11 heteroatoms. The lowest BCUT2D eigenvalue weighted by Crippen LogP contribution is -2.45. The van der Waals surface area contributed by atoms with Crippen molar-refractivity contribution < 1.29 is 23.1 Å². The maximum absolute atomic E-state index is 13.8. The number of rotatable bonds is 6. The minimum Gasteiger partial charge on any atom is -0.382 e. The van der Waals surface area contributed by atoms with E-state index in [0.717, 1.165) is 15.6 Å². The Kier molecular flexibility index (Phi) is 6.59. The quantitative estimate of drug-likeness (QED) is 0.554. The minimum absolute atomic E-state index is 0.199. The van der Waals surface area contributed by atoms with Crippen molar-refractivity contribution in [3.05, 3.63) is 67.6 Å². The number of carbonyl (C=O) groups is 1. The molecule has 3 rings (SSSR count). The lowest BCUT2D eigenvalue weighted by atomic mass is 10.1. The van der Waals surface area contributed by atoms with Crippen LogP contribution >= 0.6 is 22.9 Å². The van der Waals surface area contributed by atoms with E-state index >= 15 is 0 Å². The van der Waals surface area contributed by atoms with Crippen molar-refractivity contribution in [3.63, 3.8) is 0 Å². The Morgan fingerprint density at radius 2 is 1.90 bits per heavy atom. The zero-order chi connectivity index (χ0) is 22.0. The fourth-order valence-electron chi connectivity index (χ4n) is 2.55. The number of hydrogen-bond acceptors (Lipinski definition) is 5. The number of amides is 1. The number of alkyl halides is 3. The highest BCUT2D eigenvalue weighted by Gasteiger charge is 2.30. The molecule has 1 aromatic carbocycles. The smallest absolute Gasteiger partial charge is 0.284 e. The van der Waals surface area contributed by atoms with Gasteiger partial charge in [0, 0.05) is 20.8 Å². The number of benzene rings is 1. The summed E-state index contributed by atoms with van der Waals surface area (Å²) in [6, 6.07) is 9.18. The number of aromatic nitrogens is 2. The Bertz CT molecular complexity index is 1120. The van der Waals surface area contributed by atoms with Crippen molar-refractivity contribution in [1.29, 1.82) is 0 Å². The van der Waals surface area contributed by atoms with E-state index in [1.54, 1.807) is 41.0 Å². The highest BCUT2D eigenvalue weighted by Crippen LogP contribution is 2.22. The number of carbonyl (C=O) groups excluding carboxylic acids is 1. The van der Waals surface area contributed by atoms with Crippen molar-refractivity contribution >= 4 is 28.8 Å². The van der Waals surface area contributed by atoms with E-state index in [1.165, 1.54) is 11.3 Å². The lowest BCUT2D eigenvalue weighted by Gasteiger charge is -2.16. The SMILES string of the molecule is Cc1cc(-n2nc(-c3ccc(Cl)cc3)cc(C(=O)NC(F)[C@H](O)C(F)F)c2=O)cs1. The summed E-state index contributed by atoms with van der Waals surface area (Å²) in [5.74, 6) is -1.26. The third kappa shape index (κ3) is 4.72. The van der Waals surface area contributed by atoms with E-state index in [2.05, 4.69) is 5.10 Å². The average Bonchev–Trinajstić information content (AvgIpc) is 3.14. The number of aliphatic hydroxyl groups excluding tert-OH is 1. The summed E-state index contributed by atoms with van der Waals surface area (Å²) in [6.45, 7) is 1.81. The predicted molar refractivity (Wildman–Crippen MR) is 107 cm³/mol. The zero-order valence-electron chi connectivity index (χ0n) is 15.4. The maximum Gasteiger partial charge on any atom is 0.284 e. The van der Waals surface area contributed by atoms with Gasteiger partial charge in [0.05, 0.1) is 11.4 Å². The predicted octanol–water partition coefficient (Wildman–Crippen LogP) is 3.57. The molecule has 0 saturated heterocycles. The molecule has 0 saturated carbocycles. The Labute approximate surface area is 177 Å². The molecule has 0 bridgehead atoms. The summed E-state index contributed by atoms with van der Waals surface area (Å²) in [4.78, 5) is 26.2. The molecule has 6 nitrogen and oxygen atoms in total. The van der Waals surface area contributed by atoms with E-state index in [9.17, 15) is 22.8 Å². The van der Waals surface area contributed by atoms with Gasteiger partial charge in [-0.15, -0.1) is 11.3 Å². The van der Waals surface area contributed by atoms with Crippen molar-refractivity contribution in [3.8, 4) is 16.9 Å². The van der Waals surface area contributed by atoms with Gasteiger partial charge in [0.15, 0.2) is 6.10 Å². The van der Waals surface area contributed by atoms with Gasteiger partial charge in [-0.3, -0.25) is 9.59 Å². The van der Waals surface area contributed by atoms with E-state index in [4.69, 9.17) is 16.7 Å². The van der Waals surface area contributed by atoms with Crippen LogP contribution in [0.3, 0.4) is 0 Å². The third-order valence-corrected chi connectivity index (χ3v) is 5.19. The van der Waals surface area contributed by atoms with Crippen LogP contribution in [0, 0.1) is 6.92 Å². The molecule has 2 N–H and O–H groups in total. The normalized spacial score (nSPS) is 13.3. The van der Waals surface area contributed by atoms with Crippen LogP contribution in [0.1, 0.15) is 15.2 Å². The third-order valence-electron chi connectivity index (χ3n) is 4.08. The zero-order valence-corrected chi connectivity index (χ0v) is 16.9. The van der Waals surface area contributed by atoms with Gasteiger partial charge in [-0.05, 0) is 31.2 Å². The Balaban J connectivity index is 2.09. The number of nitrogens with one attached hydrogen (secondary N) is 1.